The molecule has 0 radical (unpaired) electrons. The predicted molar refractivity (Wildman–Crippen MR) is 111 cm³/mol. The van der Waals surface area contributed by atoms with Crippen LogP contribution < -0.4 is 15.8 Å². The van der Waals surface area contributed by atoms with Crippen molar-refractivity contribution in [2.75, 3.05) is 13.7 Å². The van der Waals surface area contributed by atoms with Gasteiger partial charge in [0.25, 0.3) is 0 Å². The third-order valence-electron chi connectivity index (χ3n) is 4.73. The molecule has 0 heterocycles. The number of ether oxygens (including phenoxy) is 2. The number of carbonyl (C=O) groups is 1. The molecule has 0 aromatic heterocycles. The molecule has 0 saturated heterocycles. The lowest BCUT2D eigenvalue weighted by atomic mass is 10.0. The lowest BCUT2D eigenvalue weighted by Gasteiger charge is -2.21. The quantitative estimate of drug-likeness (QED) is 0.628. The Morgan fingerprint density at radius 2 is 1.82 bits per heavy atom. The van der Waals surface area contributed by atoms with E-state index in [4.69, 9.17) is 15.2 Å². The molecule has 5 heteroatoms. The second-order valence-corrected chi connectivity index (χ2v) is 6.71. The molecule has 5 nitrogen and oxygen atoms in total. The first-order valence-electron chi connectivity index (χ1n) is 9.34. The molecule has 0 aliphatic heterocycles. The van der Waals surface area contributed by atoms with Gasteiger partial charge in [-0.05, 0) is 47.0 Å². The summed E-state index contributed by atoms with van der Waals surface area (Å²) < 4.78 is 10.9. The second kappa shape index (κ2) is 9.35. The van der Waals surface area contributed by atoms with Crippen LogP contribution in [-0.4, -0.2) is 25.7 Å². The number of hydrogen-bond donors (Lipinski definition) is 2. The number of nitrogens with one attached hydrogen (secondary N) is 1. The third kappa shape index (κ3) is 4.88. The first kappa shape index (κ1) is 19.9. The Morgan fingerprint density at radius 3 is 2.57 bits per heavy atom. The van der Waals surface area contributed by atoms with Gasteiger partial charge >= 0.3 is 0 Å². The molecule has 0 bridgehead atoms. The van der Waals surface area contributed by atoms with Crippen molar-refractivity contribution in [3.63, 3.8) is 0 Å². The van der Waals surface area contributed by atoms with E-state index in [0.717, 1.165) is 27.6 Å². The third-order valence-corrected chi connectivity index (χ3v) is 4.73. The van der Waals surface area contributed by atoms with Crippen LogP contribution in [0, 0.1) is 0 Å². The van der Waals surface area contributed by atoms with Crippen molar-refractivity contribution in [2.45, 2.75) is 25.7 Å². The highest BCUT2D eigenvalue weighted by molar-refractivity contribution is 5.84. The lowest BCUT2D eigenvalue weighted by Crippen LogP contribution is -2.39. The summed E-state index contributed by atoms with van der Waals surface area (Å²) in [6, 6.07) is 21.5. The van der Waals surface area contributed by atoms with E-state index < -0.39 is 6.10 Å². The molecule has 0 aliphatic rings. The van der Waals surface area contributed by atoms with Gasteiger partial charge < -0.3 is 20.5 Å². The average molecular weight is 378 g/mol. The van der Waals surface area contributed by atoms with Crippen LogP contribution in [0.25, 0.3) is 10.8 Å². The molecule has 0 fully saturated rings. The molecule has 2 atom stereocenters. The number of fused-ring (bicyclic) bond motifs is 1. The standard InChI is InChI=1S/C23H26N2O3/c1-16(28-15-17-6-5-9-21(12-17)27-2)23(26)25-22(14-24)20-11-10-18-7-3-4-8-19(18)13-20/h3-13,16,22H,14-15,24H2,1-2H3,(H,25,26). The van der Waals surface area contributed by atoms with Gasteiger partial charge in [0.05, 0.1) is 19.8 Å². The van der Waals surface area contributed by atoms with Crippen LogP contribution in [0.1, 0.15) is 24.1 Å². The molecular weight excluding hydrogens is 352 g/mol. The Morgan fingerprint density at radius 1 is 1.04 bits per heavy atom. The van der Waals surface area contributed by atoms with Crippen molar-refractivity contribution in [3.8, 4) is 5.75 Å². The summed E-state index contributed by atoms with van der Waals surface area (Å²) in [5.74, 6) is 0.573. The topological polar surface area (TPSA) is 73.6 Å². The maximum Gasteiger partial charge on any atom is 0.249 e. The van der Waals surface area contributed by atoms with Crippen molar-refractivity contribution in [3.05, 3.63) is 77.9 Å². The molecular formula is C23H26N2O3. The molecule has 3 rings (SSSR count). The first-order valence-corrected chi connectivity index (χ1v) is 9.34. The van der Waals surface area contributed by atoms with Crippen LogP contribution in [0.5, 0.6) is 5.75 Å². The summed E-state index contributed by atoms with van der Waals surface area (Å²) in [7, 11) is 1.62. The van der Waals surface area contributed by atoms with Gasteiger partial charge in [-0.3, -0.25) is 4.79 Å². The summed E-state index contributed by atoms with van der Waals surface area (Å²) in [6.07, 6.45) is -0.597. The summed E-state index contributed by atoms with van der Waals surface area (Å²) >= 11 is 0. The number of hydrogen-bond acceptors (Lipinski definition) is 4. The van der Waals surface area contributed by atoms with Crippen molar-refractivity contribution >= 4 is 16.7 Å². The van der Waals surface area contributed by atoms with Gasteiger partial charge in [0.1, 0.15) is 11.9 Å². The highest BCUT2D eigenvalue weighted by atomic mass is 16.5. The highest BCUT2D eigenvalue weighted by Crippen LogP contribution is 2.20. The maximum absolute atomic E-state index is 12.6. The van der Waals surface area contributed by atoms with Crippen LogP contribution in [0.4, 0.5) is 0 Å². The second-order valence-electron chi connectivity index (χ2n) is 6.71. The lowest BCUT2D eigenvalue weighted by molar-refractivity contribution is -0.133. The van der Waals surface area contributed by atoms with Crippen LogP contribution in [0.3, 0.4) is 0 Å². The highest BCUT2D eigenvalue weighted by Gasteiger charge is 2.19. The summed E-state index contributed by atoms with van der Waals surface area (Å²) in [4.78, 5) is 12.6. The maximum atomic E-state index is 12.6. The van der Waals surface area contributed by atoms with Crippen molar-refractivity contribution in [1.29, 1.82) is 0 Å². The minimum Gasteiger partial charge on any atom is -0.497 e. The zero-order valence-electron chi connectivity index (χ0n) is 16.2. The fourth-order valence-electron chi connectivity index (χ4n) is 3.05. The molecule has 3 N–H and O–H groups in total. The summed E-state index contributed by atoms with van der Waals surface area (Å²) in [6.45, 7) is 2.38. The van der Waals surface area contributed by atoms with Gasteiger partial charge in [0.15, 0.2) is 0 Å². The minimum absolute atomic E-state index is 0.188. The van der Waals surface area contributed by atoms with Crippen LogP contribution in [-0.2, 0) is 16.1 Å². The molecule has 3 aromatic carbocycles. The molecule has 28 heavy (non-hydrogen) atoms. The Bertz CT molecular complexity index is 942. The van der Waals surface area contributed by atoms with E-state index in [2.05, 4.69) is 17.4 Å². The molecule has 0 saturated carbocycles. The van der Waals surface area contributed by atoms with E-state index in [-0.39, 0.29) is 11.9 Å². The zero-order valence-corrected chi connectivity index (χ0v) is 16.2. The van der Waals surface area contributed by atoms with Crippen LogP contribution in [0.15, 0.2) is 66.7 Å². The van der Waals surface area contributed by atoms with Gasteiger partial charge in [-0.15, -0.1) is 0 Å². The SMILES string of the molecule is COc1cccc(COC(C)C(=O)NC(CN)c2ccc3ccccc3c2)c1. The fourth-order valence-corrected chi connectivity index (χ4v) is 3.05. The van der Waals surface area contributed by atoms with Crippen LogP contribution in [0.2, 0.25) is 0 Å². The van der Waals surface area contributed by atoms with Gasteiger partial charge in [0.2, 0.25) is 5.91 Å². The van der Waals surface area contributed by atoms with Crippen molar-refractivity contribution < 1.29 is 14.3 Å². The number of methoxy groups -OCH3 is 1. The van der Waals surface area contributed by atoms with E-state index in [1.165, 1.54) is 0 Å². The van der Waals surface area contributed by atoms with Crippen molar-refractivity contribution in [2.24, 2.45) is 5.73 Å². The van der Waals surface area contributed by atoms with E-state index in [0.29, 0.717) is 13.2 Å². The number of amides is 1. The minimum atomic E-state index is -0.597. The van der Waals surface area contributed by atoms with Gasteiger partial charge in [0, 0.05) is 6.54 Å². The largest absolute Gasteiger partial charge is 0.497 e. The molecule has 2 unspecified atom stereocenters. The van der Waals surface area contributed by atoms with E-state index >= 15 is 0 Å². The zero-order chi connectivity index (χ0) is 19.9. The molecule has 3 aromatic rings. The normalized spacial score (nSPS) is 13.1. The molecule has 1 amide bonds. The van der Waals surface area contributed by atoms with E-state index in [1.807, 2.05) is 54.6 Å². The van der Waals surface area contributed by atoms with E-state index in [1.54, 1.807) is 14.0 Å². The van der Waals surface area contributed by atoms with Crippen molar-refractivity contribution in [1.82, 2.24) is 5.32 Å². The fraction of sp³-hybridized carbons (Fsp3) is 0.261. The number of carbonyl (C=O) groups excluding carboxylic acids is 1. The summed E-state index contributed by atoms with van der Waals surface area (Å²) in [5.41, 5.74) is 7.85. The molecule has 146 valence electrons. The first-order chi connectivity index (χ1) is 13.6. The van der Waals surface area contributed by atoms with Gasteiger partial charge in [-0.1, -0.05) is 48.5 Å². The van der Waals surface area contributed by atoms with Gasteiger partial charge in [-0.25, -0.2) is 0 Å². The predicted octanol–water partition coefficient (Wildman–Crippen LogP) is 3.57. The average Bonchev–Trinajstić information content (AvgIpc) is 2.75. The van der Waals surface area contributed by atoms with Crippen LogP contribution >= 0.6 is 0 Å². The van der Waals surface area contributed by atoms with Gasteiger partial charge in [-0.2, -0.15) is 0 Å². The summed E-state index contributed by atoms with van der Waals surface area (Å²) in [5, 5.41) is 5.27. The number of benzene rings is 3. The number of rotatable bonds is 8. The van der Waals surface area contributed by atoms with E-state index in [9.17, 15) is 4.79 Å². The number of nitrogens with two attached hydrogens (primary N) is 1. The molecule has 0 aliphatic carbocycles. The Kier molecular flexibility index (Phi) is 6.63. The Labute approximate surface area is 165 Å². The Hall–Kier alpha value is -2.89. The smallest absolute Gasteiger partial charge is 0.249 e. The molecule has 0 spiro atoms. The monoisotopic (exact) mass is 378 g/mol. The Balaban J connectivity index is 1.61.